The smallest absolute Gasteiger partial charge is 0.251 e. The van der Waals surface area contributed by atoms with E-state index < -0.39 is 66.0 Å². The topological polar surface area (TPSA) is 264 Å². The van der Waals surface area contributed by atoms with Crippen LogP contribution in [0.2, 0.25) is 5.02 Å². The van der Waals surface area contributed by atoms with Crippen LogP contribution in [0.25, 0.3) is 22.3 Å². The molecule has 6 rings (SSSR count). The molecular formula is C44H47ClN10O8. The molecule has 18 nitrogen and oxygen atoms in total. The maximum atomic E-state index is 14.6. The monoisotopic (exact) mass is 878 g/mol. The predicted octanol–water partition coefficient (Wildman–Crippen LogP) is 2.87. The number of carbonyl (C=O) groups is 6. The van der Waals surface area contributed by atoms with Gasteiger partial charge in [-0.1, -0.05) is 48.0 Å². The Morgan fingerprint density at radius 1 is 0.937 bits per heavy atom. The highest BCUT2D eigenvalue weighted by molar-refractivity contribution is 6.30. The molecule has 0 fully saturated rings. The summed E-state index contributed by atoms with van der Waals surface area (Å²) >= 11 is 6.05. The third-order valence-corrected chi connectivity index (χ3v) is 10.9. The summed E-state index contributed by atoms with van der Waals surface area (Å²) < 4.78 is 5.68. The number of carbonyl (C=O) groups excluding carboxylic acids is 6. The molecule has 8 N–H and O–H groups in total. The Morgan fingerprint density at radius 3 is 2.32 bits per heavy atom. The van der Waals surface area contributed by atoms with Crippen molar-refractivity contribution in [2.24, 2.45) is 5.73 Å². The normalized spacial score (nSPS) is 16.7. The Bertz CT molecular complexity index is 2470. The minimum Gasteiger partial charge on any atom is -0.507 e. The lowest BCUT2D eigenvalue weighted by molar-refractivity contribution is -0.141. The number of likely N-dealkylation sites (N-methyl/N-ethyl adjacent to an activating group) is 1. The van der Waals surface area contributed by atoms with E-state index in [1.54, 1.807) is 66.7 Å². The van der Waals surface area contributed by atoms with E-state index in [1.807, 2.05) is 12.1 Å². The first-order valence-electron chi connectivity index (χ1n) is 20.1. The molecular weight excluding hydrogens is 832 g/mol. The van der Waals surface area contributed by atoms with Crippen LogP contribution in [-0.4, -0.2) is 111 Å². The molecule has 4 aromatic carbocycles. The fraction of sp³-hybridized carbons (Fsp3) is 0.295. The van der Waals surface area contributed by atoms with Gasteiger partial charge in [-0.3, -0.25) is 28.8 Å². The van der Waals surface area contributed by atoms with E-state index in [0.717, 1.165) is 11.1 Å². The first kappa shape index (κ1) is 45.3. The zero-order chi connectivity index (χ0) is 45.2. The van der Waals surface area contributed by atoms with Crippen molar-refractivity contribution in [3.8, 4) is 33.8 Å². The number of methoxy groups -OCH3 is 1. The predicted molar refractivity (Wildman–Crippen MR) is 231 cm³/mol. The van der Waals surface area contributed by atoms with Gasteiger partial charge < -0.3 is 41.7 Å². The van der Waals surface area contributed by atoms with Crippen LogP contribution in [0.1, 0.15) is 64.3 Å². The average molecular weight is 879 g/mol. The van der Waals surface area contributed by atoms with Gasteiger partial charge in [0, 0.05) is 35.2 Å². The average Bonchev–Trinajstić information content (AvgIpc) is 3.83. The number of ketones is 1. The van der Waals surface area contributed by atoms with Crippen molar-refractivity contribution in [1.29, 1.82) is 0 Å². The molecule has 2 heterocycles. The van der Waals surface area contributed by atoms with Gasteiger partial charge in [0.2, 0.25) is 35.2 Å². The van der Waals surface area contributed by atoms with E-state index in [2.05, 4.69) is 41.9 Å². The number of fused-ring (bicyclic) bond motifs is 5. The minimum atomic E-state index is -1.39. The van der Waals surface area contributed by atoms with E-state index in [1.165, 1.54) is 32.0 Å². The number of benzene rings is 4. The second-order valence-electron chi connectivity index (χ2n) is 14.9. The van der Waals surface area contributed by atoms with Crippen LogP contribution in [-0.2, 0) is 25.6 Å². The van der Waals surface area contributed by atoms with Crippen molar-refractivity contribution in [2.75, 3.05) is 27.2 Å². The van der Waals surface area contributed by atoms with E-state index in [-0.39, 0.29) is 30.0 Å². The quantitative estimate of drug-likeness (QED) is 0.0628. The highest BCUT2D eigenvalue weighted by atomic mass is 35.5. The number of unbranched alkanes of at least 4 members (excludes halogenated alkanes) is 1. The highest BCUT2D eigenvalue weighted by Crippen LogP contribution is 2.39. The Morgan fingerprint density at radius 2 is 1.65 bits per heavy atom. The van der Waals surface area contributed by atoms with Gasteiger partial charge in [-0.15, -0.1) is 5.10 Å². The number of phenolic OH excluding ortho intramolecular Hbond substituents is 1. The van der Waals surface area contributed by atoms with Crippen molar-refractivity contribution < 1.29 is 38.6 Å². The van der Waals surface area contributed by atoms with E-state index in [4.69, 9.17) is 22.1 Å². The molecule has 0 aliphatic carbocycles. The summed E-state index contributed by atoms with van der Waals surface area (Å²) in [7, 11) is 2.85. The fourth-order valence-corrected chi connectivity index (χ4v) is 7.28. The Kier molecular flexibility index (Phi) is 14.8. The molecule has 1 aliphatic rings. The molecule has 1 aliphatic heterocycles. The maximum absolute atomic E-state index is 14.6. The number of rotatable bonds is 14. The van der Waals surface area contributed by atoms with Crippen LogP contribution in [0.15, 0.2) is 84.9 Å². The molecule has 4 atom stereocenters. The fourth-order valence-electron chi connectivity index (χ4n) is 7.16. The number of hydrogen-bond donors (Lipinski definition) is 7. The molecule has 0 saturated heterocycles. The second-order valence-corrected chi connectivity index (χ2v) is 15.4. The number of aromatic amines is 1. The van der Waals surface area contributed by atoms with Gasteiger partial charge in [0.1, 0.15) is 35.7 Å². The summed E-state index contributed by atoms with van der Waals surface area (Å²) in [5, 5.41) is 35.1. The van der Waals surface area contributed by atoms with Crippen LogP contribution in [0.3, 0.4) is 0 Å². The second kappa shape index (κ2) is 20.6. The number of nitrogens with zero attached hydrogens (tertiary/aromatic N) is 4. The molecule has 1 aromatic heterocycles. The number of phenols is 1. The number of tetrazole rings is 1. The van der Waals surface area contributed by atoms with Crippen molar-refractivity contribution in [3.63, 3.8) is 0 Å². The number of H-pyrrole nitrogens is 1. The number of Topliss-reactive ketones (excluding diaryl/α,β-unsaturated/α-hetero) is 1. The molecule has 0 spiro atoms. The van der Waals surface area contributed by atoms with Gasteiger partial charge in [-0.05, 0) is 114 Å². The SMILES string of the molecule is COc1ccc2cc1-c1cc(ccc1O)C[C@@H](C(=O)NCC(=O)c1nnn[nH]1)NC(=O)[C@H](C)NC(=O)[C@H]2N(C)C(=O)[C@H](CCCCN)NC(=O)c1ccc(-c2ccc(Cl)cc2)cc1. The molecule has 5 amide bonds. The summed E-state index contributed by atoms with van der Waals surface area (Å²) in [4.78, 5) is 83.9. The van der Waals surface area contributed by atoms with Crippen LogP contribution in [0.5, 0.6) is 11.5 Å². The molecule has 0 unspecified atom stereocenters. The first-order valence-corrected chi connectivity index (χ1v) is 20.4. The number of nitrogens with one attached hydrogen (secondary N) is 5. The summed E-state index contributed by atoms with van der Waals surface area (Å²) in [6.07, 6.45) is 1.15. The van der Waals surface area contributed by atoms with Gasteiger partial charge in [-0.25, -0.2) is 5.10 Å². The van der Waals surface area contributed by atoms with Crippen LogP contribution in [0.4, 0.5) is 0 Å². The molecule has 0 saturated carbocycles. The summed E-state index contributed by atoms with van der Waals surface area (Å²) in [6, 6.07) is 18.5. The molecule has 63 heavy (non-hydrogen) atoms. The van der Waals surface area contributed by atoms with Crippen LogP contribution in [0, 0.1) is 0 Å². The number of nitrogens with two attached hydrogens (primary N) is 1. The summed E-state index contributed by atoms with van der Waals surface area (Å²) in [6.45, 7) is 1.27. The number of amides is 5. The lowest BCUT2D eigenvalue weighted by Gasteiger charge is -2.32. The van der Waals surface area contributed by atoms with Crippen molar-refractivity contribution >= 4 is 46.9 Å². The first-order chi connectivity index (χ1) is 30.3. The highest BCUT2D eigenvalue weighted by Gasteiger charge is 2.36. The number of ether oxygens (including phenoxy) is 1. The van der Waals surface area contributed by atoms with Crippen LogP contribution >= 0.6 is 11.6 Å². The zero-order valence-electron chi connectivity index (χ0n) is 34.7. The van der Waals surface area contributed by atoms with Gasteiger partial charge in [-0.2, -0.15) is 0 Å². The van der Waals surface area contributed by atoms with Gasteiger partial charge in [0.15, 0.2) is 0 Å². The van der Waals surface area contributed by atoms with E-state index in [0.29, 0.717) is 52.4 Å². The number of halogens is 1. The standard InChI is InChI=1S/C44H47ClN10O8/c1-24-40(58)50-34(42(60)47-23-36(57)39-51-53-54-52-39)21-25-7-17-35(56)31(20-25)32-22-29(14-18-37(32)63-3)38(43(61)48-24)55(2)44(62)33(6-4-5-19-46)49-41(59)28-10-8-26(9-11-28)27-12-15-30(45)16-13-27/h7-18,20,22,24,33-34,38,56H,4-6,19,21,23,46H2,1-3H3,(H,47,60)(H,48,61)(H,49,59)(H,50,58)(H,51,52,53,54)/t24-,33-,34-,38-/m0/s1. The van der Waals surface area contributed by atoms with Gasteiger partial charge in [0.25, 0.3) is 5.91 Å². The van der Waals surface area contributed by atoms with E-state index >= 15 is 0 Å². The molecule has 4 bridgehead atoms. The van der Waals surface area contributed by atoms with Gasteiger partial charge in [0.05, 0.1) is 13.7 Å². The molecule has 19 heteroatoms. The van der Waals surface area contributed by atoms with Crippen molar-refractivity contribution in [3.05, 3.63) is 112 Å². The van der Waals surface area contributed by atoms with Gasteiger partial charge >= 0.3 is 0 Å². The summed E-state index contributed by atoms with van der Waals surface area (Å²) in [5.41, 5.74) is 9.26. The number of aromatic hydroxyl groups is 1. The summed E-state index contributed by atoms with van der Waals surface area (Å²) in [5.74, 6) is -4.01. The Balaban J connectivity index is 1.32. The lowest BCUT2D eigenvalue weighted by atomic mass is 9.93. The zero-order valence-corrected chi connectivity index (χ0v) is 35.4. The lowest BCUT2D eigenvalue weighted by Crippen LogP contribution is -2.56. The Labute approximate surface area is 367 Å². The molecule has 5 aromatic rings. The van der Waals surface area contributed by atoms with Crippen LogP contribution < -0.4 is 31.7 Å². The third kappa shape index (κ3) is 11.0. The molecule has 0 radical (unpaired) electrons. The molecule has 328 valence electrons. The largest absolute Gasteiger partial charge is 0.507 e. The maximum Gasteiger partial charge on any atom is 0.251 e. The number of aromatic nitrogens is 4. The Hall–Kier alpha value is -7.18. The van der Waals surface area contributed by atoms with Crippen molar-refractivity contribution in [1.82, 2.24) is 46.8 Å². The third-order valence-electron chi connectivity index (χ3n) is 10.6. The minimum absolute atomic E-state index is 0.0881. The number of hydrogen-bond acceptors (Lipinski definition) is 12. The van der Waals surface area contributed by atoms with E-state index in [9.17, 15) is 33.9 Å². The van der Waals surface area contributed by atoms with Crippen molar-refractivity contribution in [2.45, 2.75) is 56.8 Å².